The van der Waals surface area contributed by atoms with E-state index in [4.69, 9.17) is 9.84 Å². The molecule has 0 aromatic carbocycles. The van der Waals surface area contributed by atoms with Crippen LogP contribution in [-0.2, 0) is 14.3 Å². The zero-order valence-corrected chi connectivity index (χ0v) is 11.2. The van der Waals surface area contributed by atoms with Crippen LogP contribution in [0.25, 0.3) is 0 Å². The highest BCUT2D eigenvalue weighted by Crippen LogP contribution is 2.09. The van der Waals surface area contributed by atoms with Gasteiger partial charge in [0.05, 0.1) is 25.7 Å². The van der Waals surface area contributed by atoms with Crippen molar-refractivity contribution in [2.24, 2.45) is 0 Å². The predicted molar refractivity (Wildman–Crippen MR) is 66.3 cm³/mol. The number of nitrogens with zero attached hydrogens (tertiary/aromatic N) is 1. The van der Waals surface area contributed by atoms with Gasteiger partial charge >= 0.3 is 5.97 Å². The average molecular weight is 258 g/mol. The number of rotatable bonds is 4. The Hall–Kier alpha value is -1.14. The van der Waals surface area contributed by atoms with Crippen LogP contribution in [0.3, 0.4) is 0 Å². The third kappa shape index (κ3) is 5.46. The van der Waals surface area contributed by atoms with Crippen molar-refractivity contribution in [1.29, 1.82) is 0 Å². The molecule has 0 radical (unpaired) electrons. The molecule has 0 aromatic heterocycles. The van der Waals surface area contributed by atoms with E-state index in [-0.39, 0.29) is 24.4 Å². The van der Waals surface area contributed by atoms with Gasteiger partial charge in [0, 0.05) is 18.6 Å². The fourth-order valence-corrected chi connectivity index (χ4v) is 1.72. The summed E-state index contributed by atoms with van der Waals surface area (Å²) in [4.78, 5) is 24.2. The topological polar surface area (TPSA) is 78.9 Å². The minimum atomic E-state index is -0.901. The number of morpholine rings is 1. The lowest BCUT2D eigenvalue weighted by atomic mass is 10.1. The fourth-order valence-electron chi connectivity index (χ4n) is 1.72. The molecule has 1 atom stereocenters. The molecule has 0 bridgehead atoms. The molecule has 18 heavy (non-hydrogen) atoms. The van der Waals surface area contributed by atoms with Crippen molar-refractivity contribution in [1.82, 2.24) is 10.2 Å². The minimum absolute atomic E-state index is 0.0105. The van der Waals surface area contributed by atoms with Gasteiger partial charge in [-0.2, -0.15) is 0 Å². The van der Waals surface area contributed by atoms with Gasteiger partial charge in [0.15, 0.2) is 0 Å². The van der Waals surface area contributed by atoms with E-state index in [0.717, 1.165) is 0 Å². The number of hydrogen-bond donors (Lipinski definition) is 2. The zero-order chi connectivity index (χ0) is 13.8. The van der Waals surface area contributed by atoms with Crippen LogP contribution in [0.1, 0.15) is 27.2 Å². The van der Waals surface area contributed by atoms with E-state index in [9.17, 15) is 9.59 Å². The molecule has 6 nitrogen and oxygen atoms in total. The zero-order valence-electron chi connectivity index (χ0n) is 11.2. The first-order valence-electron chi connectivity index (χ1n) is 6.14. The maximum absolute atomic E-state index is 11.9. The van der Waals surface area contributed by atoms with Crippen LogP contribution < -0.4 is 5.32 Å². The summed E-state index contributed by atoms with van der Waals surface area (Å²) in [6.45, 7) is 7.53. The van der Waals surface area contributed by atoms with E-state index in [2.05, 4.69) is 5.32 Å². The maximum Gasteiger partial charge on any atom is 0.306 e. The van der Waals surface area contributed by atoms with Crippen molar-refractivity contribution in [2.75, 3.05) is 26.2 Å². The molecule has 1 aliphatic rings. The van der Waals surface area contributed by atoms with Gasteiger partial charge in [-0.15, -0.1) is 0 Å². The van der Waals surface area contributed by atoms with E-state index < -0.39 is 12.1 Å². The van der Waals surface area contributed by atoms with Crippen LogP contribution in [0, 0.1) is 0 Å². The van der Waals surface area contributed by atoms with Crippen molar-refractivity contribution >= 4 is 11.9 Å². The third-order valence-electron chi connectivity index (χ3n) is 2.66. The molecule has 1 amide bonds. The quantitative estimate of drug-likeness (QED) is 0.746. The molecule has 1 rings (SSSR count). The molecular formula is C12H22N2O4. The number of carbonyl (C=O) groups is 2. The molecule has 0 spiro atoms. The Morgan fingerprint density at radius 3 is 2.67 bits per heavy atom. The number of hydrogen-bond acceptors (Lipinski definition) is 4. The lowest BCUT2D eigenvalue weighted by molar-refractivity contribution is -0.147. The standard InChI is InChI=1S/C12H22N2O4/c1-12(2,3)13-7-10(15)14-4-5-18-9(8-14)6-11(16)17/h9,13H,4-8H2,1-3H3,(H,16,17). The largest absolute Gasteiger partial charge is 0.481 e. The van der Waals surface area contributed by atoms with Gasteiger partial charge in [0.2, 0.25) is 5.91 Å². The summed E-state index contributed by atoms with van der Waals surface area (Å²) in [6.07, 6.45) is -0.453. The molecule has 1 fully saturated rings. The number of carboxylic acids is 1. The van der Waals surface area contributed by atoms with Crippen molar-refractivity contribution in [3.05, 3.63) is 0 Å². The molecule has 6 heteroatoms. The second kappa shape index (κ2) is 6.15. The molecule has 0 aromatic rings. The van der Waals surface area contributed by atoms with E-state index in [1.165, 1.54) is 0 Å². The number of nitrogens with one attached hydrogen (secondary N) is 1. The van der Waals surface area contributed by atoms with E-state index in [1.807, 2.05) is 20.8 Å². The Balaban J connectivity index is 2.41. The summed E-state index contributed by atoms with van der Waals surface area (Å²) in [6, 6.07) is 0. The van der Waals surface area contributed by atoms with Crippen LogP contribution in [0.15, 0.2) is 0 Å². The first kappa shape index (κ1) is 14.9. The van der Waals surface area contributed by atoms with Crippen LogP contribution in [-0.4, -0.2) is 59.8 Å². The number of amides is 1. The van der Waals surface area contributed by atoms with Gasteiger partial charge in [-0.25, -0.2) is 0 Å². The first-order valence-corrected chi connectivity index (χ1v) is 6.14. The van der Waals surface area contributed by atoms with Gasteiger partial charge in [0.1, 0.15) is 0 Å². The highest BCUT2D eigenvalue weighted by Gasteiger charge is 2.26. The predicted octanol–water partition coefficient (Wildman–Crippen LogP) is 0.0766. The maximum atomic E-state index is 11.9. The SMILES string of the molecule is CC(C)(C)NCC(=O)N1CCOC(CC(=O)O)C1. The summed E-state index contributed by atoms with van der Waals surface area (Å²) in [5.74, 6) is -0.911. The summed E-state index contributed by atoms with van der Waals surface area (Å²) in [5, 5.41) is 11.8. The summed E-state index contributed by atoms with van der Waals surface area (Å²) in [7, 11) is 0. The lowest BCUT2D eigenvalue weighted by Gasteiger charge is -2.33. The molecule has 1 unspecified atom stereocenters. The highest BCUT2D eigenvalue weighted by molar-refractivity contribution is 5.78. The van der Waals surface area contributed by atoms with Crippen molar-refractivity contribution in [3.63, 3.8) is 0 Å². The Morgan fingerprint density at radius 2 is 2.11 bits per heavy atom. The van der Waals surface area contributed by atoms with Gasteiger partial charge in [-0.3, -0.25) is 9.59 Å². The van der Waals surface area contributed by atoms with Gasteiger partial charge in [-0.05, 0) is 20.8 Å². The van der Waals surface area contributed by atoms with Gasteiger partial charge in [0.25, 0.3) is 0 Å². The Kier molecular flexibility index (Phi) is 5.10. The van der Waals surface area contributed by atoms with Gasteiger partial charge in [-0.1, -0.05) is 0 Å². The minimum Gasteiger partial charge on any atom is -0.481 e. The van der Waals surface area contributed by atoms with Gasteiger partial charge < -0.3 is 20.1 Å². The van der Waals surface area contributed by atoms with E-state index >= 15 is 0 Å². The van der Waals surface area contributed by atoms with Crippen molar-refractivity contribution in [2.45, 2.75) is 38.8 Å². The Labute approximate surface area is 107 Å². The number of aliphatic carboxylic acids is 1. The van der Waals surface area contributed by atoms with Crippen LogP contribution >= 0.6 is 0 Å². The monoisotopic (exact) mass is 258 g/mol. The molecular weight excluding hydrogens is 236 g/mol. The average Bonchev–Trinajstić information content (AvgIpc) is 2.24. The van der Waals surface area contributed by atoms with E-state index in [0.29, 0.717) is 19.7 Å². The van der Waals surface area contributed by atoms with Crippen LogP contribution in [0.2, 0.25) is 0 Å². The summed E-state index contributed by atoms with van der Waals surface area (Å²) < 4.78 is 5.32. The molecule has 1 heterocycles. The smallest absolute Gasteiger partial charge is 0.306 e. The van der Waals surface area contributed by atoms with Crippen LogP contribution in [0.5, 0.6) is 0 Å². The Morgan fingerprint density at radius 1 is 1.44 bits per heavy atom. The normalized spacial score (nSPS) is 20.8. The number of carboxylic acid groups (broad SMARTS) is 1. The summed E-state index contributed by atoms with van der Waals surface area (Å²) >= 11 is 0. The van der Waals surface area contributed by atoms with Crippen LogP contribution in [0.4, 0.5) is 0 Å². The number of carbonyl (C=O) groups excluding carboxylic acids is 1. The summed E-state index contributed by atoms with van der Waals surface area (Å²) in [5.41, 5.74) is -0.109. The molecule has 104 valence electrons. The third-order valence-corrected chi connectivity index (χ3v) is 2.66. The first-order chi connectivity index (χ1) is 8.28. The lowest BCUT2D eigenvalue weighted by Crippen LogP contribution is -2.51. The highest BCUT2D eigenvalue weighted by atomic mass is 16.5. The van der Waals surface area contributed by atoms with Crippen molar-refractivity contribution in [3.8, 4) is 0 Å². The molecule has 2 N–H and O–H groups in total. The molecule has 1 saturated heterocycles. The molecule has 0 aliphatic carbocycles. The molecule has 0 saturated carbocycles. The number of ether oxygens (including phenoxy) is 1. The second-order valence-electron chi connectivity index (χ2n) is 5.53. The van der Waals surface area contributed by atoms with Crippen molar-refractivity contribution < 1.29 is 19.4 Å². The van der Waals surface area contributed by atoms with E-state index in [1.54, 1.807) is 4.90 Å². The fraction of sp³-hybridized carbons (Fsp3) is 0.833. The molecule has 1 aliphatic heterocycles. The second-order valence-corrected chi connectivity index (χ2v) is 5.53. The Bertz CT molecular complexity index is 312.